The van der Waals surface area contributed by atoms with Gasteiger partial charge in [-0.15, -0.1) is 0 Å². The highest BCUT2D eigenvalue weighted by Crippen LogP contribution is 2.15. The Bertz CT molecular complexity index is 588. The summed E-state index contributed by atoms with van der Waals surface area (Å²) < 4.78 is 0. The Morgan fingerprint density at radius 1 is 1.21 bits per heavy atom. The van der Waals surface area contributed by atoms with Gasteiger partial charge in [0.1, 0.15) is 0 Å². The highest BCUT2D eigenvalue weighted by Gasteiger charge is 2.09. The summed E-state index contributed by atoms with van der Waals surface area (Å²) >= 11 is 0. The maximum atomic E-state index is 12.0. The van der Waals surface area contributed by atoms with Crippen LogP contribution in [0.4, 0.5) is 5.69 Å². The van der Waals surface area contributed by atoms with E-state index in [9.17, 15) is 4.79 Å². The van der Waals surface area contributed by atoms with Crippen LogP contribution in [-0.2, 0) is 11.2 Å². The van der Waals surface area contributed by atoms with Crippen LogP contribution in [-0.4, -0.2) is 16.1 Å². The van der Waals surface area contributed by atoms with Crippen molar-refractivity contribution in [3.8, 4) is 0 Å². The van der Waals surface area contributed by atoms with Crippen molar-refractivity contribution in [2.45, 2.75) is 27.2 Å². The average Bonchev–Trinajstić information content (AvgIpc) is 2.34. The van der Waals surface area contributed by atoms with Gasteiger partial charge in [0.2, 0.25) is 5.91 Å². The first-order valence-electron chi connectivity index (χ1n) is 6.20. The molecule has 19 heavy (non-hydrogen) atoms. The molecular formula is C15H17N3O. The van der Waals surface area contributed by atoms with E-state index in [0.717, 1.165) is 22.4 Å². The predicted octanol–water partition coefficient (Wildman–Crippen LogP) is 2.58. The molecule has 2 aromatic rings. The van der Waals surface area contributed by atoms with E-state index in [-0.39, 0.29) is 5.91 Å². The monoisotopic (exact) mass is 255 g/mol. The van der Waals surface area contributed by atoms with Crippen molar-refractivity contribution in [2.24, 2.45) is 0 Å². The topological polar surface area (TPSA) is 54.9 Å². The number of hydrogen-bond donors (Lipinski definition) is 1. The van der Waals surface area contributed by atoms with Crippen molar-refractivity contribution in [3.63, 3.8) is 0 Å². The molecule has 1 aromatic carbocycles. The number of anilines is 1. The summed E-state index contributed by atoms with van der Waals surface area (Å²) in [6, 6.07) is 7.85. The second kappa shape index (κ2) is 5.61. The fraction of sp³-hybridized carbons (Fsp3) is 0.267. The van der Waals surface area contributed by atoms with Gasteiger partial charge < -0.3 is 5.32 Å². The van der Waals surface area contributed by atoms with E-state index in [4.69, 9.17) is 0 Å². The molecule has 0 saturated heterocycles. The predicted molar refractivity (Wildman–Crippen MR) is 75.0 cm³/mol. The number of nitrogens with one attached hydrogen (secondary N) is 1. The third kappa shape index (κ3) is 3.37. The van der Waals surface area contributed by atoms with Crippen LogP contribution in [0.15, 0.2) is 30.5 Å². The lowest BCUT2D eigenvalue weighted by atomic mass is 10.00. The number of amides is 1. The van der Waals surface area contributed by atoms with E-state index >= 15 is 0 Å². The van der Waals surface area contributed by atoms with Gasteiger partial charge in [-0.1, -0.05) is 18.2 Å². The summed E-state index contributed by atoms with van der Waals surface area (Å²) in [7, 11) is 0. The Balaban J connectivity index is 2.10. The molecule has 0 saturated carbocycles. The number of aromatic nitrogens is 2. The Labute approximate surface area is 112 Å². The van der Waals surface area contributed by atoms with E-state index in [1.165, 1.54) is 0 Å². The van der Waals surface area contributed by atoms with E-state index in [1.807, 2.05) is 39.0 Å². The molecule has 0 aliphatic rings. The third-order valence-corrected chi connectivity index (χ3v) is 3.04. The number of rotatable bonds is 3. The second-order valence-electron chi connectivity index (χ2n) is 4.68. The normalized spacial score (nSPS) is 10.3. The van der Waals surface area contributed by atoms with Crippen LogP contribution < -0.4 is 5.32 Å². The molecule has 0 unspecified atom stereocenters. The fourth-order valence-electron chi connectivity index (χ4n) is 2.04. The first kappa shape index (κ1) is 13.2. The molecule has 0 radical (unpaired) electrons. The van der Waals surface area contributed by atoms with Gasteiger partial charge in [0.05, 0.1) is 24.0 Å². The van der Waals surface area contributed by atoms with Gasteiger partial charge in [-0.25, -0.2) is 0 Å². The van der Waals surface area contributed by atoms with Gasteiger partial charge in [0.25, 0.3) is 0 Å². The summed E-state index contributed by atoms with van der Waals surface area (Å²) in [5, 5.41) is 10.5. The molecule has 4 heteroatoms. The van der Waals surface area contributed by atoms with Crippen LogP contribution in [0.2, 0.25) is 0 Å². The summed E-state index contributed by atoms with van der Waals surface area (Å²) in [5.74, 6) is -0.0372. The lowest BCUT2D eigenvalue weighted by Gasteiger charge is -2.10. The lowest BCUT2D eigenvalue weighted by molar-refractivity contribution is -0.115. The molecule has 1 N–H and O–H groups in total. The van der Waals surface area contributed by atoms with Crippen molar-refractivity contribution in [1.29, 1.82) is 0 Å². The van der Waals surface area contributed by atoms with Gasteiger partial charge in [-0.2, -0.15) is 10.2 Å². The molecule has 0 fully saturated rings. The van der Waals surface area contributed by atoms with Crippen LogP contribution in [0.5, 0.6) is 0 Å². The molecule has 1 heterocycles. The Morgan fingerprint density at radius 2 is 1.89 bits per heavy atom. The zero-order valence-electron chi connectivity index (χ0n) is 11.4. The van der Waals surface area contributed by atoms with Gasteiger partial charge in [-0.3, -0.25) is 4.79 Å². The Hall–Kier alpha value is -2.23. The number of aryl methyl sites for hydroxylation is 3. The Morgan fingerprint density at radius 3 is 2.53 bits per heavy atom. The fourth-order valence-corrected chi connectivity index (χ4v) is 2.04. The SMILES string of the molecule is Cc1cc(NC(=O)Cc2c(C)cccc2C)cnn1. The van der Waals surface area contributed by atoms with Gasteiger partial charge >= 0.3 is 0 Å². The number of carbonyl (C=O) groups excluding carboxylic acids is 1. The lowest BCUT2D eigenvalue weighted by Crippen LogP contribution is -2.16. The molecule has 2 rings (SSSR count). The smallest absolute Gasteiger partial charge is 0.228 e. The summed E-state index contributed by atoms with van der Waals surface area (Å²) in [4.78, 5) is 12.0. The Kier molecular flexibility index (Phi) is 3.90. The van der Waals surface area contributed by atoms with Crippen molar-refractivity contribution in [3.05, 3.63) is 52.8 Å². The van der Waals surface area contributed by atoms with Gasteiger partial charge in [0, 0.05) is 0 Å². The van der Waals surface area contributed by atoms with E-state index in [2.05, 4.69) is 15.5 Å². The quantitative estimate of drug-likeness (QED) is 0.917. The second-order valence-corrected chi connectivity index (χ2v) is 4.68. The van der Waals surface area contributed by atoms with Crippen molar-refractivity contribution in [1.82, 2.24) is 10.2 Å². The van der Waals surface area contributed by atoms with Crippen LogP contribution in [0.25, 0.3) is 0 Å². The summed E-state index contributed by atoms with van der Waals surface area (Å²) in [6.45, 7) is 5.88. The van der Waals surface area contributed by atoms with Gasteiger partial charge in [-0.05, 0) is 43.5 Å². The molecule has 0 aliphatic carbocycles. The average molecular weight is 255 g/mol. The molecular weight excluding hydrogens is 238 g/mol. The summed E-state index contributed by atoms with van der Waals surface area (Å²) in [5.41, 5.74) is 4.82. The van der Waals surface area contributed by atoms with E-state index in [1.54, 1.807) is 12.3 Å². The molecule has 1 aromatic heterocycles. The highest BCUT2D eigenvalue weighted by atomic mass is 16.1. The maximum Gasteiger partial charge on any atom is 0.228 e. The first-order valence-corrected chi connectivity index (χ1v) is 6.20. The molecule has 4 nitrogen and oxygen atoms in total. The van der Waals surface area contributed by atoms with Crippen molar-refractivity contribution < 1.29 is 4.79 Å². The molecule has 1 amide bonds. The van der Waals surface area contributed by atoms with Crippen molar-refractivity contribution >= 4 is 11.6 Å². The molecule has 0 aliphatic heterocycles. The number of carbonyl (C=O) groups is 1. The summed E-state index contributed by atoms with van der Waals surface area (Å²) in [6.07, 6.45) is 1.93. The number of benzene rings is 1. The largest absolute Gasteiger partial charge is 0.324 e. The molecule has 0 bridgehead atoms. The minimum Gasteiger partial charge on any atom is -0.324 e. The minimum absolute atomic E-state index is 0.0372. The molecule has 98 valence electrons. The van der Waals surface area contributed by atoms with Crippen LogP contribution in [0.3, 0.4) is 0 Å². The zero-order valence-corrected chi connectivity index (χ0v) is 11.4. The standard InChI is InChI=1S/C15H17N3O/c1-10-5-4-6-11(2)14(10)8-15(19)17-13-7-12(3)18-16-9-13/h4-7,9H,8H2,1-3H3,(H,17,18,19). The highest BCUT2D eigenvalue weighted by molar-refractivity contribution is 5.92. The van der Waals surface area contributed by atoms with Crippen LogP contribution in [0, 0.1) is 20.8 Å². The third-order valence-electron chi connectivity index (χ3n) is 3.04. The minimum atomic E-state index is -0.0372. The zero-order chi connectivity index (χ0) is 13.8. The van der Waals surface area contributed by atoms with Crippen molar-refractivity contribution in [2.75, 3.05) is 5.32 Å². The van der Waals surface area contributed by atoms with E-state index < -0.39 is 0 Å². The van der Waals surface area contributed by atoms with E-state index in [0.29, 0.717) is 12.1 Å². The number of hydrogen-bond acceptors (Lipinski definition) is 3. The number of nitrogens with zero attached hydrogens (tertiary/aromatic N) is 2. The van der Waals surface area contributed by atoms with Crippen LogP contribution in [0.1, 0.15) is 22.4 Å². The van der Waals surface area contributed by atoms with Gasteiger partial charge in [0.15, 0.2) is 0 Å². The first-order chi connectivity index (χ1) is 9.06. The maximum absolute atomic E-state index is 12.0. The van der Waals surface area contributed by atoms with Crippen LogP contribution >= 0.6 is 0 Å². The molecule has 0 atom stereocenters. The molecule has 0 spiro atoms.